The molecule has 0 saturated carbocycles. The van der Waals surface area contributed by atoms with Crippen LogP contribution in [0.4, 0.5) is 0 Å². The summed E-state index contributed by atoms with van der Waals surface area (Å²) in [6.45, 7) is 10.1. The first-order valence-corrected chi connectivity index (χ1v) is 7.34. The van der Waals surface area contributed by atoms with Gasteiger partial charge in [0.1, 0.15) is 0 Å². The predicted octanol–water partition coefficient (Wildman–Crippen LogP) is 3.25. The Morgan fingerprint density at radius 3 is 2.47 bits per heavy atom. The van der Waals surface area contributed by atoms with E-state index in [4.69, 9.17) is 0 Å². The summed E-state index contributed by atoms with van der Waals surface area (Å²) in [5.74, 6) is 0. The van der Waals surface area contributed by atoms with E-state index in [1.54, 1.807) is 0 Å². The molecule has 2 nitrogen and oxygen atoms in total. The third kappa shape index (κ3) is 4.63. The largest absolute Gasteiger partial charge is 0.312 e. The molecule has 1 aromatic carbocycles. The monoisotopic (exact) mass is 262 g/mol. The third-order valence-electron chi connectivity index (χ3n) is 4.17. The minimum absolute atomic E-state index is 0.138. The molecule has 0 saturated heterocycles. The molecule has 2 heteroatoms. The van der Waals surface area contributed by atoms with Gasteiger partial charge in [0.15, 0.2) is 0 Å². The maximum Gasteiger partial charge on any atom is 0.0303 e. The summed E-state index contributed by atoms with van der Waals surface area (Å²) < 4.78 is 0. The van der Waals surface area contributed by atoms with E-state index in [1.165, 1.54) is 17.5 Å². The van der Waals surface area contributed by atoms with Crippen molar-refractivity contribution in [1.29, 1.82) is 0 Å². The van der Waals surface area contributed by atoms with Gasteiger partial charge in [0, 0.05) is 11.6 Å². The fourth-order valence-electron chi connectivity index (χ4n) is 2.28. The fraction of sp³-hybridized carbons (Fsp3) is 0.647. The summed E-state index contributed by atoms with van der Waals surface area (Å²) in [4.78, 5) is 2.32. The lowest BCUT2D eigenvalue weighted by Crippen LogP contribution is -2.56. The van der Waals surface area contributed by atoms with Gasteiger partial charge in [-0.3, -0.25) is 0 Å². The van der Waals surface area contributed by atoms with Gasteiger partial charge < -0.3 is 10.2 Å². The van der Waals surface area contributed by atoms with Gasteiger partial charge in [-0.2, -0.15) is 0 Å². The van der Waals surface area contributed by atoms with Crippen molar-refractivity contribution in [3.8, 4) is 0 Å². The Hall–Kier alpha value is -0.860. The number of aryl methyl sites for hydroxylation is 1. The lowest BCUT2D eigenvalue weighted by atomic mass is 9.87. The van der Waals surface area contributed by atoms with Crippen LogP contribution in [0.25, 0.3) is 0 Å². The Morgan fingerprint density at radius 2 is 1.95 bits per heavy atom. The van der Waals surface area contributed by atoms with E-state index in [1.807, 2.05) is 0 Å². The molecular weight excluding hydrogens is 232 g/mol. The highest BCUT2D eigenvalue weighted by Gasteiger charge is 2.31. The van der Waals surface area contributed by atoms with E-state index in [0.29, 0.717) is 6.04 Å². The van der Waals surface area contributed by atoms with Gasteiger partial charge in [-0.05, 0) is 59.8 Å². The quantitative estimate of drug-likeness (QED) is 0.811. The first-order valence-electron chi connectivity index (χ1n) is 7.34. The Morgan fingerprint density at radius 1 is 1.26 bits per heavy atom. The molecule has 1 aromatic rings. The fourth-order valence-corrected chi connectivity index (χ4v) is 2.28. The highest BCUT2D eigenvalue weighted by Crippen LogP contribution is 2.20. The number of nitrogens with zero attached hydrogens (tertiary/aromatic N) is 1. The minimum Gasteiger partial charge on any atom is -0.312 e. The first kappa shape index (κ1) is 16.2. The zero-order chi connectivity index (χ0) is 14.5. The Labute approximate surface area is 119 Å². The number of rotatable bonds is 7. The van der Waals surface area contributed by atoms with Crippen molar-refractivity contribution in [2.45, 2.75) is 52.1 Å². The van der Waals surface area contributed by atoms with E-state index in [0.717, 1.165) is 13.0 Å². The molecule has 0 amide bonds. The zero-order valence-electron chi connectivity index (χ0n) is 13.5. The van der Waals surface area contributed by atoms with Gasteiger partial charge in [-0.15, -0.1) is 0 Å². The second kappa shape index (κ2) is 7.06. The molecule has 0 aromatic heterocycles. The summed E-state index contributed by atoms with van der Waals surface area (Å²) in [7, 11) is 4.33. The molecular formula is C17H30N2. The van der Waals surface area contributed by atoms with Crippen LogP contribution in [0, 0.1) is 6.92 Å². The first-order chi connectivity index (χ1) is 8.87. The van der Waals surface area contributed by atoms with Crippen LogP contribution in [-0.4, -0.2) is 37.1 Å². The molecule has 0 fully saturated rings. The molecule has 108 valence electrons. The SMILES string of the molecule is CCCNC(Cc1cccc(C)c1)C(C)(C)N(C)C. The summed E-state index contributed by atoms with van der Waals surface area (Å²) in [5.41, 5.74) is 2.90. The van der Waals surface area contributed by atoms with Crippen molar-refractivity contribution in [2.75, 3.05) is 20.6 Å². The van der Waals surface area contributed by atoms with Gasteiger partial charge in [0.05, 0.1) is 0 Å². The molecule has 0 aliphatic heterocycles. The van der Waals surface area contributed by atoms with Crippen molar-refractivity contribution in [2.24, 2.45) is 0 Å². The van der Waals surface area contributed by atoms with Gasteiger partial charge in [0.2, 0.25) is 0 Å². The average Bonchev–Trinajstić information content (AvgIpc) is 2.34. The summed E-state index contributed by atoms with van der Waals surface area (Å²) in [6.07, 6.45) is 2.25. The zero-order valence-corrected chi connectivity index (χ0v) is 13.5. The van der Waals surface area contributed by atoms with Crippen molar-refractivity contribution < 1.29 is 0 Å². The Bertz CT molecular complexity index is 383. The highest BCUT2D eigenvalue weighted by molar-refractivity contribution is 5.23. The molecule has 0 radical (unpaired) electrons. The topological polar surface area (TPSA) is 15.3 Å². The maximum absolute atomic E-state index is 3.72. The molecule has 1 atom stereocenters. The number of hydrogen-bond acceptors (Lipinski definition) is 2. The molecule has 0 aliphatic carbocycles. The molecule has 0 aliphatic rings. The molecule has 0 bridgehead atoms. The summed E-state index contributed by atoms with van der Waals surface area (Å²) in [5, 5.41) is 3.72. The molecule has 0 spiro atoms. The molecule has 19 heavy (non-hydrogen) atoms. The van der Waals surface area contributed by atoms with Gasteiger partial charge in [-0.1, -0.05) is 36.8 Å². The normalized spacial score (nSPS) is 13.8. The van der Waals surface area contributed by atoms with E-state index in [2.05, 4.69) is 76.3 Å². The lowest BCUT2D eigenvalue weighted by Gasteiger charge is -2.41. The van der Waals surface area contributed by atoms with Crippen molar-refractivity contribution in [1.82, 2.24) is 10.2 Å². The van der Waals surface area contributed by atoms with Crippen LogP contribution in [0.5, 0.6) is 0 Å². The maximum atomic E-state index is 3.72. The van der Waals surface area contributed by atoms with Crippen LogP contribution in [0.15, 0.2) is 24.3 Å². The third-order valence-corrected chi connectivity index (χ3v) is 4.17. The van der Waals surface area contributed by atoms with Gasteiger partial charge in [-0.25, -0.2) is 0 Å². The van der Waals surface area contributed by atoms with Crippen LogP contribution in [0.1, 0.15) is 38.3 Å². The standard InChI is InChI=1S/C17H30N2/c1-7-11-18-16(17(3,4)19(5)6)13-15-10-8-9-14(2)12-15/h8-10,12,16,18H,7,11,13H2,1-6H3. The number of nitrogens with one attached hydrogen (secondary N) is 1. The predicted molar refractivity (Wildman–Crippen MR) is 84.7 cm³/mol. The van der Waals surface area contributed by atoms with Crippen LogP contribution in [0.3, 0.4) is 0 Å². The van der Waals surface area contributed by atoms with E-state index >= 15 is 0 Å². The van der Waals surface area contributed by atoms with Gasteiger partial charge in [0.25, 0.3) is 0 Å². The number of likely N-dealkylation sites (N-methyl/N-ethyl adjacent to an activating group) is 1. The highest BCUT2D eigenvalue weighted by atomic mass is 15.2. The minimum atomic E-state index is 0.138. The Kier molecular flexibility index (Phi) is 6.02. The van der Waals surface area contributed by atoms with Crippen LogP contribution >= 0.6 is 0 Å². The van der Waals surface area contributed by atoms with Crippen LogP contribution < -0.4 is 5.32 Å². The van der Waals surface area contributed by atoms with Crippen molar-refractivity contribution >= 4 is 0 Å². The second-order valence-electron chi connectivity index (χ2n) is 6.25. The number of hydrogen-bond donors (Lipinski definition) is 1. The lowest BCUT2D eigenvalue weighted by molar-refractivity contribution is 0.137. The van der Waals surface area contributed by atoms with Crippen molar-refractivity contribution in [3.63, 3.8) is 0 Å². The second-order valence-corrected chi connectivity index (χ2v) is 6.25. The Balaban J connectivity index is 2.85. The van der Waals surface area contributed by atoms with Crippen LogP contribution in [0.2, 0.25) is 0 Å². The van der Waals surface area contributed by atoms with E-state index < -0.39 is 0 Å². The van der Waals surface area contributed by atoms with Crippen molar-refractivity contribution in [3.05, 3.63) is 35.4 Å². The number of benzene rings is 1. The molecule has 1 rings (SSSR count). The smallest absolute Gasteiger partial charge is 0.0303 e. The summed E-state index contributed by atoms with van der Waals surface area (Å²) >= 11 is 0. The van der Waals surface area contributed by atoms with Crippen LogP contribution in [-0.2, 0) is 6.42 Å². The van der Waals surface area contributed by atoms with Gasteiger partial charge >= 0.3 is 0 Å². The molecule has 0 heterocycles. The average molecular weight is 262 g/mol. The molecule has 1 N–H and O–H groups in total. The van der Waals surface area contributed by atoms with E-state index in [-0.39, 0.29) is 5.54 Å². The van der Waals surface area contributed by atoms with E-state index in [9.17, 15) is 0 Å². The molecule has 1 unspecified atom stereocenters. The summed E-state index contributed by atoms with van der Waals surface area (Å²) in [6, 6.07) is 9.31.